The molecule has 8 rings (SSSR count). The van der Waals surface area contributed by atoms with Gasteiger partial charge in [-0.25, -0.2) is 0 Å². The van der Waals surface area contributed by atoms with E-state index < -0.39 is 5.41 Å². The van der Waals surface area contributed by atoms with E-state index in [0.29, 0.717) is 0 Å². The van der Waals surface area contributed by atoms with E-state index in [0.717, 1.165) is 37.2 Å². The van der Waals surface area contributed by atoms with Gasteiger partial charge in [0.15, 0.2) is 0 Å². The van der Waals surface area contributed by atoms with Crippen LogP contribution in [0.5, 0.6) is 0 Å². The maximum Gasteiger partial charge on any atom is 0.0840 e. The first-order chi connectivity index (χ1) is 19.6. The van der Waals surface area contributed by atoms with Gasteiger partial charge < -0.3 is 4.90 Å². The molecule has 0 N–H and O–H groups in total. The lowest BCUT2D eigenvalue weighted by molar-refractivity contribution is 0.276. The van der Waals surface area contributed by atoms with E-state index in [2.05, 4.69) is 123 Å². The lowest BCUT2D eigenvalue weighted by Crippen LogP contribution is -2.59. The van der Waals surface area contributed by atoms with Gasteiger partial charge in [0.25, 0.3) is 0 Å². The van der Waals surface area contributed by atoms with Gasteiger partial charge in [-0.2, -0.15) is 10.2 Å². The Balaban J connectivity index is 1.54. The third kappa shape index (κ3) is 2.80. The Morgan fingerprint density at radius 3 is 1.98 bits per heavy atom. The third-order valence-electron chi connectivity index (χ3n) is 9.93. The lowest BCUT2D eigenvalue weighted by Gasteiger charge is -2.54. The summed E-state index contributed by atoms with van der Waals surface area (Å²) >= 11 is 0. The van der Waals surface area contributed by atoms with Gasteiger partial charge >= 0.3 is 0 Å². The highest BCUT2D eigenvalue weighted by Gasteiger charge is 2.68. The average Bonchev–Trinajstić information content (AvgIpc) is 3.45. The number of aryl methyl sites for hydroxylation is 4. The van der Waals surface area contributed by atoms with Crippen LogP contribution in [0.15, 0.2) is 97.1 Å². The van der Waals surface area contributed by atoms with Crippen LogP contribution < -0.4 is 4.90 Å². The molecule has 196 valence electrons. The number of anilines is 1. The summed E-state index contributed by atoms with van der Waals surface area (Å²) in [6.45, 7) is 7.47. The molecule has 0 fully saturated rings. The second kappa shape index (κ2) is 8.38. The molecule has 1 atom stereocenters. The first-order valence-electron chi connectivity index (χ1n) is 14.5. The summed E-state index contributed by atoms with van der Waals surface area (Å²) in [7, 11) is 0. The number of nitrogens with zero attached hydrogens (tertiary/aromatic N) is 3. The number of fused-ring (bicyclic) bond motifs is 12. The van der Waals surface area contributed by atoms with E-state index in [1.54, 1.807) is 0 Å². The van der Waals surface area contributed by atoms with Crippen molar-refractivity contribution < 1.29 is 0 Å². The van der Waals surface area contributed by atoms with Crippen LogP contribution in [0.3, 0.4) is 0 Å². The molecule has 0 saturated heterocycles. The van der Waals surface area contributed by atoms with Crippen LogP contribution in [0.25, 0.3) is 11.1 Å². The molecule has 3 heterocycles. The van der Waals surface area contributed by atoms with Gasteiger partial charge in [-0.15, -0.1) is 0 Å². The topological polar surface area (TPSA) is 29.0 Å². The van der Waals surface area contributed by atoms with Crippen molar-refractivity contribution >= 4 is 5.69 Å². The summed E-state index contributed by atoms with van der Waals surface area (Å²) in [6, 6.07) is 36.6. The maximum atomic E-state index is 4.81. The molecule has 1 spiro atoms. The molecular weight excluding hydrogens is 486 g/mol. The van der Waals surface area contributed by atoms with E-state index in [1.807, 2.05) is 0 Å². The molecular formula is C37H33N3. The minimum Gasteiger partial charge on any atom is -0.358 e. The van der Waals surface area contributed by atoms with Gasteiger partial charge in [0.2, 0.25) is 0 Å². The Hall–Kier alpha value is -4.24. The molecule has 3 nitrogen and oxygen atoms in total. The molecule has 40 heavy (non-hydrogen) atoms. The smallest absolute Gasteiger partial charge is 0.0840 e. The zero-order chi connectivity index (χ0) is 27.1. The quantitative estimate of drug-likeness (QED) is 0.245. The highest BCUT2D eigenvalue weighted by molar-refractivity contribution is 5.91. The Bertz CT molecular complexity index is 1760. The first-order valence-corrected chi connectivity index (χ1v) is 14.5. The standard InChI is InChI=1S/C37H33N3/c1-24-16-18-27(19-17-24)20-22-36-31-13-7-4-10-28(31)21-23-40(36)35-26(3)39-38-25(2)34(35)37(36)32-14-8-5-11-29(32)30-12-6-9-15-33(30)37/h4-19H,20-23H2,1-3H3. The van der Waals surface area contributed by atoms with Crippen LogP contribution in [0.1, 0.15) is 56.8 Å². The molecule has 0 bridgehead atoms. The summed E-state index contributed by atoms with van der Waals surface area (Å²) in [5.74, 6) is 0. The average molecular weight is 520 g/mol. The van der Waals surface area contributed by atoms with Crippen molar-refractivity contribution in [3.05, 3.63) is 147 Å². The molecule has 4 aromatic carbocycles. The molecule has 2 aliphatic heterocycles. The Morgan fingerprint density at radius 2 is 1.27 bits per heavy atom. The van der Waals surface area contributed by atoms with Crippen LogP contribution in [0.2, 0.25) is 0 Å². The summed E-state index contributed by atoms with van der Waals surface area (Å²) in [4.78, 5) is 2.76. The van der Waals surface area contributed by atoms with Crippen LogP contribution in [-0.4, -0.2) is 16.7 Å². The number of rotatable bonds is 3. The maximum absolute atomic E-state index is 4.81. The molecule has 3 heteroatoms. The molecule has 1 unspecified atom stereocenters. The summed E-state index contributed by atoms with van der Waals surface area (Å²) in [5, 5.41) is 9.54. The van der Waals surface area contributed by atoms with Gasteiger partial charge in [-0.1, -0.05) is 103 Å². The molecule has 3 aliphatic rings. The van der Waals surface area contributed by atoms with E-state index in [9.17, 15) is 0 Å². The largest absolute Gasteiger partial charge is 0.358 e. The van der Waals surface area contributed by atoms with E-state index in [4.69, 9.17) is 10.2 Å². The summed E-state index contributed by atoms with van der Waals surface area (Å²) in [5.41, 5.74) is 15.1. The van der Waals surface area contributed by atoms with Gasteiger partial charge in [-0.05, 0) is 79.0 Å². The minimum atomic E-state index is -0.401. The van der Waals surface area contributed by atoms with Gasteiger partial charge in [0.1, 0.15) is 0 Å². The SMILES string of the molecule is Cc1ccc(CCC23c4ccccc4CCN2c2c(C)nnc(C)c2C32c3ccccc3-c3ccccc32)cc1. The third-order valence-corrected chi connectivity index (χ3v) is 9.93. The zero-order valence-corrected chi connectivity index (χ0v) is 23.4. The first kappa shape index (κ1) is 23.6. The van der Waals surface area contributed by atoms with Crippen molar-refractivity contribution in [1.29, 1.82) is 0 Å². The Morgan fingerprint density at radius 1 is 0.675 bits per heavy atom. The molecule has 0 radical (unpaired) electrons. The minimum absolute atomic E-state index is 0.321. The van der Waals surface area contributed by atoms with Gasteiger partial charge in [-0.3, -0.25) is 0 Å². The monoisotopic (exact) mass is 519 g/mol. The number of aromatic nitrogens is 2. The summed E-state index contributed by atoms with van der Waals surface area (Å²) < 4.78 is 0. The van der Waals surface area contributed by atoms with Crippen LogP contribution in [-0.2, 0) is 23.8 Å². The zero-order valence-electron chi connectivity index (χ0n) is 23.4. The van der Waals surface area contributed by atoms with Crippen molar-refractivity contribution in [3.8, 4) is 11.1 Å². The van der Waals surface area contributed by atoms with Gasteiger partial charge in [0.05, 0.1) is 28.0 Å². The van der Waals surface area contributed by atoms with Crippen LogP contribution in [0, 0.1) is 20.8 Å². The molecule has 1 aliphatic carbocycles. The fourth-order valence-corrected chi connectivity index (χ4v) is 8.49. The Kier molecular flexibility index (Phi) is 4.95. The predicted octanol–water partition coefficient (Wildman–Crippen LogP) is 7.62. The van der Waals surface area contributed by atoms with Gasteiger partial charge in [0, 0.05) is 12.1 Å². The molecule has 0 amide bonds. The van der Waals surface area contributed by atoms with Crippen molar-refractivity contribution in [2.24, 2.45) is 0 Å². The highest BCUT2D eigenvalue weighted by Crippen LogP contribution is 2.71. The fourth-order valence-electron chi connectivity index (χ4n) is 8.49. The lowest BCUT2D eigenvalue weighted by atomic mass is 9.56. The Labute approximate surface area is 236 Å². The van der Waals surface area contributed by atoms with Crippen molar-refractivity contribution in [1.82, 2.24) is 10.2 Å². The summed E-state index contributed by atoms with van der Waals surface area (Å²) in [6.07, 6.45) is 3.01. The molecule has 5 aromatic rings. The van der Waals surface area contributed by atoms with Crippen LogP contribution in [0.4, 0.5) is 5.69 Å². The van der Waals surface area contributed by atoms with Crippen molar-refractivity contribution in [2.45, 2.75) is 51.0 Å². The van der Waals surface area contributed by atoms with Crippen molar-refractivity contribution in [2.75, 3.05) is 11.4 Å². The van der Waals surface area contributed by atoms with Crippen LogP contribution >= 0.6 is 0 Å². The fraction of sp³-hybridized carbons (Fsp3) is 0.243. The number of hydrogen-bond donors (Lipinski definition) is 0. The van der Waals surface area contributed by atoms with E-state index in [-0.39, 0.29) is 5.54 Å². The normalized spacial score (nSPS) is 19.1. The molecule has 0 saturated carbocycles. The molecule has 1 aromatic heterocycles. The number of hydrogen-bond acceptors (Lipinski definition) is 3. The van der Waals surface area contributed by atoms with E-state index in [1.165, 1.54) is 55.8 Å². The predicted molar refractivity (Wildman–Crippen MR) is 162 cm³/mol. The highest BCUT2D eigenvalue weighted by atomic mass is 15.3. The second-order valence-corrected chi connectivity index (χ2v) is 11.8. The van der Waals surface area contributed by atoms with E-state index >= 15 is 0 Å². The number of benzene rings is 4. The van der Waals surface area contributed by atoms with Crippen molar-refractivity contribution in [3.63, 3.8) is 0 Å². The second-order valence-electron chi connectivity index (χ2n) is 11.8.